The zero-order chi connectivity index (χ0) is 13.2. The highest BCUT2D eigenvalue weighted by molar-refractivity contribution is 5.48. The van der Waals surface area contributed by atoms with E-state index in [0.717, 1.165) is 42.0 Å². The van der Waals surface area contributed by atoms with Gasteiger partial charge >= 0.3 is 0 Å². The van der Waals surface area contributed by atoms with Crippen LogP contribution in [0, 0.1) is 6.92 Å². The third kappa shape index (κ3) is 2.31. The van der Waals surface area contributed by atoms with Crippen molar-refractivity contribution in [2.24, 2.45) is 0 Å². The molecule has 1 atom stereocenters. The Morgan fingerprint density at radius 3 is 2.50 bits per heavy atom. The first kappa shape index (κ1) is 13.2. The molecule has 100 valence electrons. The second kappa shape index (κ2) is 5.16. The second-order valence-electron chi connectivity index (χ2n) is 4.83. The van der Waals surface area contributed by atoms with Crippen molar-refractivity contribution in [3.63, 3.8) is 0 Å². The van der Waals surface area contributed by atoms with Crippen molar-refractivity contribution < 1.29 is 14.6 Å². The second-order valence-corrected chi connectivity index (χ2v) is 4.83. The standard InChI is InChI=1S/C14H21NO3/c1-10-7-13(18-3)11(8-12(10)17-2)14(16)5-4-6-15-9-14/h7-8,15-16H,4-6,9H2,1-3H3. The molecule has 0 saturated carbocycles. The number of β-amino-alcohol motifs (C(OH)–C–C–N with tert-alkyl or cyclic N) is 1. The van der Waals surface area contributed by atoms with E-state index in [1.54, 1.807) is 14.2 Å². The van der Waals surface area contributed by atoms with Gasteiger partial charge in [-0.1, -0.05) is 0 Å². The predicted octanol–water partition coefficient (Wildman–Crippen LogP) is 1.58. The molecule has 4 nitrogen and oxygen atoms in total. The monoisotopic (exact) mass is 251 g/mol. The van der Waals surface area contributed by atoms with E-state index >= 15 is 0 Å². The molecule has 1 aromatic carbocycles. The number of piperidine rings is 1. The van der Waals surface area contributed by atoms with Crippen molar-refractivity contribution >= 4 is 0 Å². The summed E-state index contributed by atoms with van der Waals surface area (Å²) in [5, 5.41) is 14.0. The van der Waals surface area contributed by atoms with Crippen molar-refractivity contribution in [3.8, 4) is 11.5 Å². The van der Waals surface area contributed by atoms with Crippen LogP contribution in [0.15, 0.2) is 12.1 Å². The van der Waals surface area contributed by atoms with E-state index in [2.05, 4.69) is 5.32 Å². The summed E-state index contributed by atoms with van der Waals surface area (Å²) in [7, 11) is 3.27. The zero-order valence-electron chi connectivity index (χ0n) is 11.2. The lowest BCUT2D eigenvalue weighted by molar-refractivity contribution is 0.0100. The summed E-state index contributed by atoms with van der Waals surface area (Å²) < 4.78 is 10.7. The quantitative estimate of drug-likeness (QED) is 0.856. The van der Waals surface area contributed by atoms with Gasteiger partial charge in [0.1, 0.15) is 17.1 Å². The zero-order valence-corrected chi connectivity index (χ0v) is 11.2. The van der Waals surface area contributed by atoms with E-state index < -0.39 is 5.60 Å². The Hall–Kier alpha value is -1.26. The number of rotatable bonds is 3. The maximum absolute atomic E-state index is 10.8. The van der Waals surface area contributed by atoms with Gasteiger partial charge in [0.05, 0.1) is 14.2 Å². The van der Waals surface area contributed by atoms with Crippen LogP contribution in [0.1, 0.15) is 24.0 Å². The SMILES string of the molecule is COc1cc(C2(O)CCCNC2)c(OC)cc1C. The Balaban J connectivity index is 2.47. The highest BCUT2D eigenvalue weighted by Crippen LogP contribution is 2.38. The lowest BCUT2D eigenvalue weighted by atomic mass is 9.85. The van der Waals surface area contributed by atoms with E-state index in [-0.39, 0.29) is 0 Å². The fourth-order valence-electron chi connectivity index (χ4n) is 2.53. The maximum atomic E-state index is 10.8. The predicted molar refractivity (Wildman–Crippen MR) is 70.3 cm³/mol. The Morgan fingerprint density at radius 2 is 1.94 bits per heavy atom. The molecule has 1 saturated heterocycles. The number of nitrogens with one attached hydrogen (secondary N) is 1. The molecule has 2 rings (SSSR count). The van der Waals surface area contributed by atoms with Crippen LogP contribution in [-0.2, 0) is 5.60 Å². The van der Waals surface area contributed by atoms with Crippen LogP contribution in [-0.4, -0.2) is 32.4 Å². The number of aliphatic hydroxyl groups is 1. The molecule has 0 aliphatic carbocycles. The minimum absolute atomic E-state index is 0.551. The molecule has 0 bridgehead atoms. The Kier molecular flexibility index (Phi) is 3.78. The fourth-order valence-corrected chi connectivity index (χ4v) is 2.53. The highest BCUT2D eigenvalue weighted by Gasteiger charge is 2.34. The molecule has 1 unspecified atom stereocenters. The highest BCUT2D eigenvalue weighted by atomic mass is 16.5. The van der Waals surface area contributed by atoms with Crippen LogP contribution in [0.2, 0.25) is 0 Å². The summed E-state index contributed by atoms with van der Waals surface area (Å²) >= 11 is 0. The number of hydrogen-bond donors (Lipinski definition) is 2. The Bertz CT molecular complexity index is 425. The normalized spacial score (nSPS) is 23.8. The van der Waals surface area contributed by atoms with Crippen LogP contribution in [0.5, 0.6) is 11.5 Å². The Labute approximate surface area is 108 Å². The van der Waals surface area contributed by atoms with Crippen LogP contribution < -0.4 is 14.8 Å². The minimum Gasteiger partial charge on any atom is -0.496 e. The van der Waals surface area contributed by atoms with Gasteiger partial charge in [0.25, 0.3) is 0 Å². The van der Waals surface area contributed by atoms with E-state index in [9.17, 15) is 5.11 Å². The smallest absolute Gasteiger partial charge is 0.125 e. The van der Waals surface area contributed by atoms with Gasteiger partial charge in [0.15, 0.2) is 0 Å². The lowest BCUT2D eigenvalue weighted by Gasteiger charge is -2.34. The molecule has 1 aliphatic heterocycles. The molecular weight excluding hydrogens is 230 g/mol. The third-order valence-electron chi connectivity index (χ3n) is 3.58. The van der Waals surface area contributed by atoms with Gasteiger partial charge in [-0.3, -0.25) is 0 Å². The largest absolute Gasteiger partial charge is 0.496 e. The summed E-state index contributed by atoms with van der Waals surface area (Å²) in [6, 6.07) is 3.81. The van der Waals surface area contributed by atoms with Crippen molar-refractivity contribution in [3.05, 3.63) is 23.3 Å². The summed E-state index contributed by atoms with van der Waals surface area (Å²) in [6.07, 6.45) is 1.69. The van der Waals surface area contributed by atoms with E-state index in [0.29, 0.717) is 6.54 Å². The third-order valence-corrected chi connectivity index (χ3v) is 3.58. The molecule has 1 fully saturated rings. The van der Waals surface area contributed by atoms with E-state index in [4.69, 9.17) is 9.47 Å². The molecular formula is C14H21NO3. The molecule has 0 spiro atoms. The number of benzene rings is 1. The molecule has 1 heterocycles. The maximum Gasteiger partial charge on any atom is 0.125 e. The van der Waals surface area contributed by atoms with E-state index in [1.807, 2.05) is 19.1 Å². The lowest BCUT2D eigenvalue weighted by Crippen LogP contribution is -2.43. The van der Waals surface area contributed by atoms with Gasteiger partial charge in [-0.2, -0.15) is 0 Å². The average Bonchev–Trinajstić information content (AvgIpc) is 2.39. The van der Waals surface area contributed by atoms with Crippen LogP contribution in [0.4, 0.5) is 0 Å². The van der Waals surface area contributed by atoms with Gasteiger partial charge < -0.3 is 19.9 Å². The van der Waals surface area contributed by atoms with Gasteiger partial charge in [-0.25, -0.2) is 0 Å². The summed E-state index contributed by atoms with van der Waals surface area (Å²) in [5.41, 5.74) is 0.940. The first-order valence-corrected chi connectivity index (χ1v) is 6.27. The minimum atomic E-state index is -0.870. The van der Waals surface area contributed by atoms with Crippen molar-refractivity contribution in [1.82, 2.24) is 5.32 Å². The molecule has 4 heteroatoms. The molecule has 2 N–H and O–H groups in total. The van der Waals surface area contributed by atoms with Gasteiger partial charge in [-0.05, 0) is 44.0 Å². The molecule has 1 aromatic rings. The number of ether oxygens (including phenoxy) is 2. The van der Waals surface area contributed by atoms with Crippen molar-refractivity contribution in [1.29, 1.82) is 0 Å². The average molecular weight is 251 g/mol. The van der Waals surface area contributed by atoms with Crippen molar-refractivity contribution in [2.45, 2.75) is 25.4 Å². The molecule has 0 amide bonds. The molecule has 0 radical (unpaired) electrons. The number of methoxy groups -OCH3 is 2. The van der Waals surface area contributed by atoms with Crippen LogP contribution in [0.25, 0.3) is 0 Å². The summed E-state index contributed by atoms with van der Waals surface area (Å²) in [5.74, 6) is 1.50. The van der Waals surface area contributed by atoms with E-state index in [1.165, 1.54) is 0 Å². The molecule has 18 heavy (non-hydrogen) atoms. The number of aryl methyl sites for hydroxylation is 1. The fraction of sp³-hybridized carbons (Fsp3) is 0.571. The van der Waals surface area contributed by atoms with Crippen LogP contribution in [0.3, 0.4) is 0 Å². The molecule has 1 aliphatic rings. The van der Waals surface area contributed by atoms with Gasteiger partial charge in [0, 0.05) is 12.1 Å². The number of hydrogen-bond acceptors (Lipinski definition) is 4. The van der Waals surface area contributed by atoms with Gasteiger partial charge in [-0.15, -0.1) is 0 Å². The van der Waals surface area contributed by atoms with Gasteiger partial charge in [0.2, 0.25) is 0 Å². The first-order chi connectivity index (χ1) is 8.60. The Morgan fingerprint density at radius 1 is 1.22 bits per heavy atom. The van der Waals surface area contributed by atoms with Crippen LogP contribution >= 0.6 is 0 Å². The summed E-state index contributed by atoms with van der Waals surface area (Å²) in [6.45, 7) is 3.47. The topological polar surface area (TPSA) is 50.7 Å². The summed E-state index contributed by atoms with van der Waals surface area (Å²) in [4.78, 5) is 0. The first-order valence-electron chi connectivity index (χ1n) is 6.27. The molecule has 0 aromatic heterocycles. The van der Waals surface area contributed by atoms with Crippen molar-refractivity contribution in [2.75, 3.05) is 27.3 Å².